The number of amides is 1. The van der Waals surface area contributed by atoms with Crippen molar-refractivity contribution in [3.05, 3.63) is 23.4 Å². The summed E-state index contributed by atoms with van der Waals surface area (Å²) < 4.78 is 0. The number of carbonyl (C=O) groups is 2. The molecule has 1 unspecified atom stereocenters. The first-order valence-electron chi connectivity index (χ1n) is 5.16. The Hall–Kier alpha value is -2.11. The molecule has 0 spiro atoms. The molecule has 6 nitrogen and oxygen atoms in total. The van der Waals surface area contributed by atoms with Gasteiger partial charge in [-0.15, -0.1) is 0 Å². The number of nitrogens with two attached hydrogens (primary N) is 1. The minimum absolute atomic E-state index is 0.0617. The number of carboxylic acid groups (broad SMARTS) is 1. The molecule has 1 rings (SSSR count). The number of primary amides is 1. The predicted molar refractivity (Wildman–Crippen MR) is 62.8 cm³/mol. The zero-order valence-corrected chi connectivity index (χ0v) is 9.73. The largest absolute Gasteiger partial charge is 0.481 e. The van der Waals surface area contributed by atoms with Crippen LogP contribution >= 0.6 is 0 Å². The van der Waals surface area contributed by atoms with Crippen molar-refractivity contribution in [2.75, 3.05) is 5.32 Å². The normalized spacial score (nSPS) is 11.9. The van der Waals surface area contributed by atoms with Gasteiger partial charge in [-0.25, -0.2) is 4.98 Å². The second kappa shape index (κ2) is 5.29. The number of carbonyl (C=O) groups excluding carboxylic acids is 1. The van der Waals surface area contributed by atoms with E-state index in [1.54, 1.807) is 26.0 Å². The molecule has 0 saturated carbocycles. The molecule has 1 atom stereocenters. The summed E-state index contributed by atoms with van der Waals surface area (Å²) in [6.45, 7) is 3.47. The number of rotatable bonds is 5. The maximum Gasteiger partial charge on any atom is 0.305 e. The highest BCUT2D eigenvalue weighted by Gasteiger charge is 2.13. The SMILES string of the molecule is Cc1ccc(C(N)=O)c(NC(C)CC(=O)O)n1. The number of hydrogen-bond acceptors (Lipinski definition) is 4. The van der Waals surface area contributed by atoms with Crippen LogP contribution in [0.15, 0.2) is 12.1 Å². The van der Waals surface area contributed by atoms with Gasteiger partial charge in [0.15, 0.2) is 0 Å². The molecule has 0 aliphatic rings. The van der Waals surface area contributed by atoms with Crippen LogP contribution in [0.5, 0.6) is 0 Å². The molecular formula is C11H15N3O3. The van der Waals surface area contributed by atoms with Crippen LogP contribution in [-0.4, -0.2) is 28.0 Å². The third-order valence-corrected chi connectivity index (χ3v) is 2.16. The van der Waals surface area contributed by atoms with Crippen molar-refractivity contribution in [2.24, 2.45) is 5.73 Å². The van der Waals surface area contributed by atoms with Crippen LogP contribution in [0.2, 0.25) is 0 Å². The lowest BCUT2D eigenvalue weighted by atomic mass is 10.2. The number of pyridine rings is 1. The Morgan fingerprint density at radius 3 is 2.71 bits per heavy atom. The molecule has 1 amide bonds. The second-order valence-corrected chi connectivity index (χ2v) is 3.86. The summed E-state index contributed by atoms with van der Waals surface area (Å²) in [6, 6.07) is 2.91. The van der Waals surface area contributed by atoms with Crippen LogP contribution in [0.25, 0.3) is 0 Å². The molecule has 0 aliphatic carbocycles. The Morgan fingerprint density at radius 1 is 1.53 bits per heavy atom. The van der Waals surface area contributed by atoms with Crippen LogP contribution in [0.4, 0.5) is 5.82 Å². The average Bonchev–Trinajstić information content (AvgIpc) is 2.15. The standard InChI is InChI=1S/C11H15N3O3/c1-6-3-4-8(10(12)17)11(13-6)14-7(2)5-9(15)16/h3-4,7H,5H2,1-2H3,(H2,12,17)(H,13,14)(H,15,16). The Morgan fingerprint density at radius 2 is 2.18 bits per heavy atom. The number of anilines is 1. The Balaban J connectivity index is 2.92. The molecule has 0 radical (unpaired) electrons. The van der Waals surface area contributed by atoms with E-state index >= 15 is 0 Å². The third-order valence-electron chi connectivity index (χ3n) is 2.16. The van der Waals surface area contributed by atoms with E-state index in [0.29, 0.717) is 5.82 Å². The molecule has 1 heterocycles. The lowest BCUT2D eigenvalue weighted by molar-refractivity contribution is -0.137. The molecule has 0 aromatic carbocycles. The summed E-state index contributed by atoms with van der Waals surface area (Å²) in [7, 11) is 0. The first-order chi connectivity index (χ1) is 7.90. The fourth-order valence-electron chi connectivity index (χ4n) is 1.41. The van der Waals surface area contributed by atoms with E-state index in [0.717, 1.165) is 5.69 Å². The van der Waals surface area contributed by atoms with E-state index in [9.17, 15) is 9.59 Å². The molecule has 1 aromatic rings. The van der Waals surface area contributed by atoms with Gasteiger partial charge in [-0.2, -0.15) is 0 Å². The number of carboxylic acids is 1. The van der Waals surface area contributed by atoms with Crippen LogP contribution in [0, 0.1) is 6.92 Å². The maximum absolute atomic E-state index is 11.2. The van der Waals surface area contributed by atoms with Gasteiger partial charge in [0.2, 0.25) is 0 Å². The van der Waals surface area contributed by atoms with E-state index in [1.165, 1.54) is 0 Å². The predicted octanol–water partition coefficient (Wildman–Crippen LogP) is 0.764. The van der Waals surface area contributed by atoms with Gasteiger partial charge < -0.3 is 16.2 Å². The number of aryl methyl sites for hydroxylation is 1. The van der Waals surface area contributed by atoms with E-state index in [2.05, 4.69) is 10.3 Å². The van der Waals surface area contributed by atoms with E-state index in [4.69, 9.17) is 10.8 Å². The second-order valence-electron chi connectivity index (χ2n) is 3.86. The van der Waals surface area contributed by atoms with Gasteiger partial charge in [0.05, 0.1) is 12.0 Å². The zero-order chi connectivity index (χ0) is 13.0. The summed E-state index contributed by atoms with van der Waals surface area (Å²) in [6.07, 6.45) is -0.0617. The highest BCUT2D eigenvalue weighted by Crippen LogP contribution is 2.14. The van der Waals surface area contributed by atoms with Crippen molar-refractivity contribution < 1.29 is 14.7 Å². The number of nitrogens with zero attached hydrogens (tertiary/aromatic N) is 1. The van der Waals surface area contributed by atoms with Crippen LogP contribution in [-0.2, 0) is 4.79 Å². The first kappa shape index (κ1) is 13.0. The Labute approximate surface area is 98.8 Å². The fourth-order valence-corrected chi connectivity index (χ4v) is 1.41. The van der Waals surface area contributed by atoms with Crippen molar-refractivity contribution in [3.63, 3.8) is 0 Å². The number of hydrogen-bond donors (Lipinski definition) is 3. The summed E-state index contributed by atoms with van der Waals surface area (Å²) in [5, 5.41) is 11.5. The molecule has 0 aliphatic heterocycles. The first-order valence-corrected chi connectivity index (χ1v) is 5.16. The van der Waals surface area contributed by atoms with Gasteiger partial charge in [0.1, 0.15) is 5.82 Å². The molecule has 0 fully saturated rings. The van der Waals surface area contributed by atoms with Crippen molar-refractivity contribution in [3.8, 4) is 0 Å². The highest BCUT2D eigenvalue weighted by molar-refractivity contribution is 5.97. The minimum Gasteiger partial charge on any atom is -0.481 e. The molecular weight excluding hydrogens is 222 g/mol. The lowest BCUT2D eigenvalue weighted by Crippen LogP contribution is -2.23. The van der Waals surface area contributed by atoms with Gasteiger partial charge in [-0.1, -0.05) is 0 Å². The summed E-state index contributed by atoms with van der Waals surface area (Å²) in [4.78, 5) is 25.8. The van der Waals surface area contributed by atoms with Gasteiger partial charge in [0.25, 0.3) is 5.91 Å². The van der Waals surface area contributed by atoms with Crippen molar-refractivity contribution in [1.82, 2.24) is 4.98 Å². The van der Waals surface area contributed by atoms with Crippen LogP contribution in [0.1, 0.15) is 29.4 Å². The number of aromatic nitrogens is 1. The minimum atomic E-state index is -0.918. The Kier molecular flexibility index (Phi) is 4.03. The highest BCUT2D eigenvalue weighted by atomic mass is 16.4. The molecule has 92 valence electrons. The van der Waals surface area contributed by atoms with E-state index in [-0.39, 0.29) is 18.0 Å². The average molecular weight is 237 g/mol. The number of aliphatic carboxylic acids is 1. The monoisotopic (exact) mass is 237 g/mol. The summed E-state index contributed by atoms with van der Waals surface area (Å²) in [5.41, 5.74) is 6.19. The third kappa shape index (κ3) is 3.75. The quantitative estimate of drug-likeness (QED) is 0.701. The summed E-state index contributed by atoms with van der Waals surface area (Å²) >= 11 is 0. The van der Waals surface area contributed by atoms with Crippen LogP contribution < -0.4 is 11.1 Å². The molecule has 0 saturated heterocycles. The van der Waals surface area contributed by atoms with Crippen molar-refractivity contribution in [2.45, 2.75) is 26.3 Å². The van der Waals surface area contributed by atoms with Crippen molar-refractivity contribution in [1.29, 1.82) is 0 Å². The van der Waals surface area contributed by atoms with Gasteiger partial charge in [0, 0.05) is 11.7 Å². The molecule has 0 bridgehead atoms. The van der Waals surface area contributed by atoms with Crippen LogP contribution in [0.3, 0.4) is 0 Å². The maximum atomic E-state index is 11.2. The van der Waals surface area contributed by atoms with E-state index < -0.39 is 11.9 Å². The Bertz CT molecular complexity index is 446. The number of nitrogens with one attached hydrogen (secondary N) is 1. The van der Waals surface area contributed by atoms with Gasteiger partial charge >= 0.3 is 5.97 Å². The molecule has 17 heavy (non-hydrogen) atoms. The molecule has 1 aromatic heterocycles. The van der Waals surface area contributed by atoms with E-state index in [1.807, 2.05) is 0 Å². The molecule has 4 N–H and O–H groups in total. The molecule has 6 heteroatoms. The van der Waals surface area contributed by atoms with Gasteiger partial charge in [-0.05, 0) is 26.0 Å². The van der Waals surface area contributed by atoms with Gasteiger partial charge in [-0.3, -0.25) is 9.59 Å². The fraction of sp³-hybridized carbons (Fsp3) is 0.364. The zero-order valence-electron chi connectivity index (χ0n) is 9.73. The summed E-state index contributed by atoms with van der Waals surface area (Å²) in [5.74, 6) is -1.19. The lowest BCUT2D eigenvalue weighted by Gasteiger charge is -2.14. The topological polar surface area (TPSA) is 105 Å². The van der Waals surface area contributed by atoms with Crippen molar-refractivity contribution >= 4 is 17.7 Å². The smallest absolute Gasteiger partial charge is 0.305 e.